The summed E-state index contributed by atoms with van der Waals surface area (Å²) in [7, 11) is 0. The molecular formula is C20H17N3O8S. The van der Waals surface area contributed by atoms with E-state index in [-0.39, 0.29) is 18.0 Å². The van der Waals surface area contributed by atoms with Gasteiger partial charge in [0.25, 0.3) is 5.69 Å². The molecule has 12 heteroatoms. The lowest BCUT2D eigenvalue weighted by atomic mass is 9.89. The number of hydrogen-bond acceptors (Lipinski definition) is 10. The monoisotopic (exact) mass is 459 g/mol. The van der Waals surface area contributed by atoms with Gasteiger partial charge in [-0.3, -0.25) is 24.6 Å². The summed E-state index contributed by atoms with van der Waals surface area (Å²) in [6.45, 7) is 2.76. The van der Waals surface area contributed by atoms with E-state index in [1.165, 1.54) is 59.5 Å². The summed E-state index contributed by atoms with van der Waals surface area (Å²) < 4.78 is 15.8. The lowest BCUT2D eigenvalue weighted by molar-refractivity contribution is -0.384. The van der Waals surface area contributed by atoms with Crippen LogP contribution in [0.5, 0.6) is 0 Å². The molecule has 2 aliphatic rings. The third kappa shape index (κ3) is 3.96. The zero-order valence-corrected chi connectivity index (χ0v) is 17.7. The van der Waals surface area contributed by atoms with Crippen LogP contribution in [0.3, 0.4) is 0 Å². The van der Waals surface area contributed by atoms with Crippen LogP contribution in [0.15, 0.2) is 46.1 Å². The summed E-state index contributed by atoms with van der Waals surface area (Å²) in [6.07, 6.45) is 0.403. The van der Waals surface area contributed by atoms with Crippen LogP contribution in [0, 0.1) is 23.0 Å². The van der Waals surface area contributed by atoms with E-state index >= 15 is 0 Å². The van der Waals surface area contributed by atoms with Crippen molar-refractivity contribution < 1.29 is 33.2 Å². The van der Waals surface area contributed by atoms with Gasteiger partial charge in [0, 0.05) is 31.4 Å². The number of benzene rings is 1. The Morgan fingerprint density at radius 1 is 1.34 bits per heavy atom. The Kier molecular flexibility index (Phi) is 5.70. The van der Waals surface area contributed by atoms with Crippen molar-refractivity contribution in [1.82, 2.24) is 9.88 Å². The summed E-state index contributed by atoms with van der Waals surface area (Å²) in [5, 5.41) is 11.8. The number of carbonyl (C=O) groups is 3. The molecule has 0 radical (unpaired) electrons. The Morgan fingerprint density at radius 3 is 2.66 bits per heavy atom. The van der Waals surface area contributed by atoms with Crippen molar-refractivity contribution in [2.45, 2.75) is 31.9 Å². The Bertz CT molecular complexity index is 1130. The van der Waals surface area contributed by atoms with E-state index in [9.17, 15) is 24.5 Å². The van der Waals surface area contributed by atoms with E-state index in [0.29, 0.717) is 17.1 Å². The third-order valence-electron chi connectivity index (χ3n) is 4.94. The number of rotatable bonds is 7. The molecule has 2 aliphatic heterocycles. The summed E-state index contributed by atoms with van der Waals surface area (Å²) in [4.78, 5) is 52.7. The summed E-state index contributed by atoms with van der Waals surface area (Å²) in [5.41, 5.74) is 0.905. The predicted octanol–water partition coefficient (Wildman–Crippen LogP) is 2.61. The molecule has 32 heavy (non-hydrogen) atoms. The van der Waals surface area contributed by atoms with Crippen LogP contribution < -0.4 is 0 Å². The van der Waals surface area contributed by atoms with E-state index in [4.69, 9.17) is 13.9 Å². The third-order valence-corrected chi connectivity index (χ3v) is 6.08. The molecule has 1 saturated heterocycles. The number of fused-ring (bicyclic) bond motifs is 1. The molecule has 11 nitrogen and oxygen atoms in total. The van der Waals surface area contributed by atoms with Gasteiger partial charge in [0.05, 0.1) is 4.92 Å². The normalized spacial score (nSPS) is 20.1. The van der Waals surface area contributed by atoms with Crippen LogP contribution in [0.4, 0.5) is 5.69 Å². The lowest BCUT2D eigenvalue weighted by Crippen LogP contribution is -2.59. The number of non-ortho nitro benzene ring substituents is 1. The van der Waals surface area contributed by atoms with Crippen LogP contribution in [0.25, 0.3) is 0 Å². The standard InChI is InChI=1S/C20H17N3O8S/c1-10-21-14(8-29-10)17(31-11(2)24)16-18(25)22-15(9-32-19(16)22)20(26)30-7-12-3-5-13(6-4-12)23(27)28/h3-6,8-9,16-17,19H,7H2,1-2H3/t16?,17?,19-/m1/s1. The second kappa shape index (κ2) is 8.46. The molecule has 0 spiro atoms. The Hall–Kier alpha value is -3.67. The minimum Gasteiger partial charge on any atom is -0.456 e. The van der Waals surface area contributed by atoms with E-state index in [1.807, 2.05) is 0 Å². The maximum atomic E-state index is 12.9. The molecule has 1 aromatic heterocycles. The first-order valence-electron chi connectivity index (χ1n) is 9.44. The molecule has 166 valence electrons. The molecule has 0 saturated carbocycles. The molecule has 0 bridgehead atoms. The number of nitrogens with zero attached hydrogens (tertiary/aromatic N) is 3. The molecule has 2 unspecified atom stereocenters. The first-order valence-corrected chi connectivity index (χ1v) is 10.4. The highest BCUT2D eigenvalue weighted by molar-refractivity contribution is 8.03. The first-order chi connectivity index (χ1) is 15.3. The second-order valence-corrected chi connectivity index (χ2v) is 8.08. The molecule has 4 rings (SSSR count). The number of nitro groups is 1. The maximum Gasteiger partial charge on any atom is 0.355 e. The van der Waals surface area contributed by atoms with Crippen LogP contribution >= 0.6 is 11.8 Å². The van der Waals surface area contributed by atoms with Gasteiger partial charge in [-0.15, -0.1) is 11.8 Å². The SMILES string of the molecule is CC(=O)OC(c1coc(C)n1)C1C(=O)N2C(C(=O)OCc3ccc([N+](=O)[O-])cc3)=CS[C@H]12. The summed E-state index contributed by atoms with van der Waals surface area (Å²) >= 11 is 1.24. The van der Waals surface area contributed by atoms with Crippen molar-refractivity contribution in [3.63, 3.8) is 0 Å². The van der Waals surface area contributed by atoms with E-state index in [1.54, 1.807) is 6.92 Å². The van der Waals surface area contributed by atoms with Crippen molar-refractivity contribution in [2.24, 2.45) is 5.92 Å². The van der Waals surface area contributed by atoms with Gasteiger partial charge >= 0.3 is 11.9 Å². The Morgan fingerprint density at radius 2 is 2.06 bits per heavy atom. The average molecular weight is 459 g/mol. The number of aromatic nitrogens is 1. The van der Waals surface area contributed by atoms with Crippen LogP contribution in [-0.4, -0.2) is 38.0 Å². The van der Waals surface area contributed by atoms with Gasteiger partial charge in [-0.2, -0.15) is 0 Å². The molecule has 2 aromatic rings. The Labute approximate surface area is 185 Å². The quantitative estimate of drug-likeness (QED) is 0.262. The molecule has 1 fully saturated rings. The highest BCUT2D eigenvalue weighted by Gasteiger charge is 2.58. The van der Waals surface area contributed by atoms with Crippen molar-refractivity contribution >= 4 is 35.3 Å². The van der Waals surface area contributed by atoms with Gasteiger partial charge in [-0.05, 0) is 17.7 Å². The number of carbonyl (C=O) groups excluding carboxylic acids is 3. The average Bonchev–Trinajstić information content (AvgIpc) is 3.35. The maximum absolute atomic E-state index is 12.9. The number of amides is 1. The van der Waals surface area contributed by atoms with Crippen LogP contribution in [0.2, 0.25) is 0 Å². The van der Waals surface area contributed by atoms with E-state index < -0.39 is 40.2 Å². The molecule has 0 aliphatic carbocycles. The topological polar surface area (TPSA) is 142 Å². The number of thioether (sulfide) groups is 1. The number of oxazole rings is 1. The second-order valence-electron chi connectivity index (χ2n) is 7.08. The minimum absolute atomic E-state index is 0.0697. The molecule has 3 heterocycles. The fourth-order valence-electron chi connectivity index (χ4n) is 3.45. The van der Waals surface area contributed by atoms with Gasteiger partial charge in [0.1, 0.15) is 35.6 Å². The van der Waals surface area contributed by atoms with Crippen molar-refractivity contribution in [3.8, 4) is 0 Å². The smallest absolute Gasteiger partial charge is 0.355 e. The van der Waals surface area contributed by atoms with Gasteiger partial charge in [-0.1, -0.05) is 0 Å². The number of ether oxygens (including phenoxy) is 2. The fourth-order valence-corrected chi connectivity index (χ4v) is 4.69. The molecule has 1 aromatic carbocycles. The predicted molar refractivity (Wildman–Crippen MR) is 108 cm³/mol. The highest BCUT2D eigenvalue weighted by Crippen LogP contribution is 2.50. The van der Waals surface area contributed by atoms with Gasteiger partial charge in [0.2, 0.25) is 5.91 Å². The van der Waals surface area contributed by atoms with E-state index in [0.717, 1.165) is 0 Å². The number of nitro benzene ring substituents is 1. The van der Waals surface area contributed by atoms with Gasteiger partial charge in [0.15, 0.2) is 12.0 Å². The fraction of sp³-hybridized carbons (Fsp3) is 0.300. The van der Waals surface area contributed by atoms with Crippen LogP contribution in [0.1, 0.15) is 30.2 Å². The summed E-state index contributed by atoms with van der Waals surface area (Å²) in [5.74, 6) is -2.03. The molecule has 3 atom stereocenters. The minimum atomic E-state index is -0.935. The summed E-state index contributed by atoms with van der Waals surface area (Å²) in [6, 6.07) is 5.60. The first kappa shape index (κ1) is 21.6. The number of esters is 2. The zero-order chi connectivity index (χ0) is 23.0. The number of aryl methyl sites for hydroxylation is 1. The zero-order valence-electron chi connectivity index (χ0n) is 16.9. The van der Waals surface area contributed by atoms with Crippen molar-refractivity contribution in [3.05, 3.63) is 68.9 Å². The highest BCUT2D eigenvalue weighted by atomic mass is 32.2. The van der Waals surface area contributed by atoms with Gasteiger partial charge < -0.3 is 13.9 Å². The van der Waals surface area contributed by atoms with Crippen LogP contribution in [-0.2, 0) is 30.5 Å². The van der Waals surface area contributed by atoms with Gasteiger partial charge in [-0.25, -0.2) is 9.78 Å². The number of hydrogen-bond donors (Lipinski definition) is 0. The lowest BCUT2D eigenvalue weighted by Gasteiger charge is -2.44. The molecule has 0 N–H and O–H groups in total. The van der Waals surface area contributed by atoms with Crippen molar-refractivity contribution in [2.75, 3.05) is 0 Å². The largest absolute Gasteiger partial charge is 0.456 e. The van der Waals surface area contributed by atoms with E-state index in [2.05, 4.69) is 4.98 Å². The Balaban J connectivity index is 1.41. The van der Waals surface area contributed by atoms with Crippen molar-refractivity contribution in [1.29, 1.82) is 0 Å². The molecular weight excluding hydrogens is 442 g/mol. The number of β-lactam (4-membered cyclic amide) rings is 1. The molecule has 1 amide bonds.